The Morgan fingerprint density at radius 3 is 1.57 bits per heavy atom. The number of aryl methyl sites for hydroxylation is 1. The van der Waals surface area contributed by atoms with Gasteiger partial charge in [-0.3, -0.25) is 4.55 Å². The first-order chi connectivity index (χ1) is 12.8. The van der Waals surface area contributed by atoms with Crippen LogP contribution in [0.1, 0.15) is 97.0 Å². The summed E-state index contributed by atoms with van der Waals surface area (Å²) in [5, 5.41) is 8.06. The summed E-state index contributed by atoms with van der Waals surface area (Å²) in [7, 11) is -4.10. The van der Waals surface area contributed by atoms with Crippen LogP contribution < -0.4 is 0 Å². The smallest absolute Gasteiger partial charge is 0.294 e. The number of benzene rings is 1. The van der Waals surface area contributed by atoms with E-state index in [1.807, 2.05) is 6.07 Å². The third-order valence-electron chi connectivity index (χ3n) is 4.30. The minimum atomic E-state index is -4.10. The number of hydrogen-bond acceptors (Lipinski definition) is 3. The first-order valence-corrected chi connectivity index (χ1v) is 12.0. The zero-order chi connectivity index (χ0) is 20.5. The first-order valence-electron chi connectivity index (χ1n) is 10.5. The molecule has 6 N–H and O–H groups in total. The Kier molecular flexibility index (Phi) is 28.9. The Morgan fingerprint density at radius 1 is 0.800 bits per heavy atom. The van der Waals surface area contributed by atoms with Crippen molar-refractivity contribution in [3.63, 3.8) is 0 Å². The molecule has 0 fully saturated rings. The molecule has 30 heavy (non-hydrogen) atoms. The van der Waals surface area contributed by atoms with Crippen LogP contribution in [0.3, 0.4) is 0 Å². The molecule has 6 nitrogen and oxygen atoms in total. The van der Waals surface area contributed by atoms with Crippen molar-refractivity contribution in [2.24, 2.45) is 0 Å². The molecule has 0 aliphatic rings. The van der Waals surface area contributed by atoms with Crippen LogP contribution in [0.2, 0.25) is 0 Å². The van der Waals surface area contributed by atoms with Crippen molar-refractivity contribution in [1.29, 1.82) is 0 Å². The van der Waals surface area contributed by atoms with Crippen molar-refractivity contribution in [2.75, 3.05) is 0 Å². The number of hydrogen-bond donors (Lipinski definition) is 2. The van der Waals surface area contributed by atoms with Crippen LogP contribution in [0.4, 0.5) is 0 Å². The van der Waals surface area contributed by atoms with Gasteiger partial charge in [0.25, 0.3) is 10.1 Å². The molecule has 0 saturated heterocycles. The monoisotopic (exact) mass is 484 g/mol. The number of aliphatic hydroxyl groups excluding tert-OH is 1. The van der Waals surface area contributed by atoms with Gasteiger partial charge in [0.05, 0.1) is 4.90 Å². The summed E-state index contributed by atoms with van der Waals surface area (Å²) in [6.07, 6.45) is 14.6. The van der Waals surface area contributed by atoms with Crippen molar-refractivity contribution in [1.82, 2.24) is 0 Å². The molecule has 0 spiro atoms. The minimum absolute atomic E-state index is 0. The van der Waals surface area contributed by atoms with Crippen molar-refractivity contribution in [2.45, 2.75) is 109 Å². The van der Waals surface area contributed by atoms with Crippen LogP contribution in [0, 0.1) is 0 Å². The van der Waals surface area contributed by atoms with Gasteiger partial charge in [-0.2, -0.15) is 8.42 Å². The maximum Gasteiger partial charge on any atom is 0.294 e. The van der Waals surface area contributed by atoms with Gasteiger partial charge in [-0.15, -0.1) is 0 Å². The summed E-state index contributed by atoms with van der Waals surface area (Å²) in [6.45, 7) is 5.69. The molecule has 178 valence electrons. The van der Waals surface area contributed by atoms with Gasteiger partial charge in [-0.25, -0.2) is 0 Å². The van der Waals surface area contributed by atoms with E-state index in [1.165, 1.54) is 63.9 Å². The van der Waals surface area contributed by atoms with Gasteiger partial charge >= 0.3 is 0 Å². The van der Waals surface area contributed by atoms with Crippen LogP contribution in [0.25, 0.3) is 0 Å². The minimum Gasteiger partial charge on any atom is -0.412 e. The van der Waals surface area contributed by atoms with Crippen molar-refractivity contribution >= 4 is 10.1 Å². The molecule has 0 unspecified atom stereocenters. The third-order valence-corrected chi connectivity index (χ3v) is 5.25. The van der Waals surface area contributed by atoms with Crippen molar-refractivity contribution < 1.29 is 50.7 Å². The van der Waals surface area contributed by atoms with Gasteiger partial charge < -0.3 is 16.1 Å². The second-order valence-corrected chi connectivity index (χ2v) is 8.85. The summed E-state index contributed by atoms with van der Waals surface area (Å²) in [6, 6.07) is 6.73. The standard InChI is InChI=1S/C19H32O3S.C3H8O.2H2O.Ti/c1-2-3-4-5-6-7-8-9-10-11-12-15-18-16-13-14-17-19(18)23(20,21)22;1-3(2)4;;;/h13-14,16-17H,2-12,15H2,1H3,(H,20,21,22);3-4H,1-2H3;2*1H2;. The molecule has 0 saturated carbocycles. The van der Waals surface area contributed by atoms with E-state index in [9.17, 15) is 13.0 Å². The van der Waals surface area contributed by atoms with E-state index in [4.69, 9.17) is 5.11 Å². The van der Waals surface area contributed by atoms with Crippen LogP contribution in [-0.4, -0.2) is 35.1 Å². The molecule has 0 heterocycles. The van der Waals surface area contributed by atoms with Gasteiger partial charge in [-0.05, 0) is 38.3 Å². The number of unbranched alkanes of at least 4 members (excludes halogenated alkanes) is 10. The molecule has 0 aliphatic heterocycles. The van der Waals surface area contributed by atoms with Crippen LogP contribution in [0.5, 0.6) is 0 Å². The van der Waals surface area contributed by atoms with E-state index in [1.54, 1.807) is 26.0 Å². The van der Waals surface area contributed by atoms with E-state index in [-0.39, 0.29) is 43.7 Å². The maximum atomic E-state index is 11.3. The zero-order valence-electron chi connectivity index (χ0n) is 19.0. The summed E-state index contributed by atoms with van der Waals surface area (Å²) in [4.78, 5) is 0.0621. The molecule has 0 aliphatic carbocycles. The maximum absolute atomic E-state index is 11.3. The number of rotatable bonds is 13. The molecule has 0 atom stereocenters. The van der Waals surface area contributed by atoms with Gasteiger partial charge in [0, 0.05) is 27.8 Å². The molecular formula is C22H44O6STi. The Labute approximate surface area is 199 Å². The fourth-order valence-electron chi connectivity index (χ4n) is 2.94. The average Bonchev–Trinajstić information content (AvgIpc) is 2.59. The van der Waals surface area contributed by atoms with Crippen LogP contribution in [-0.2, 0) is 38.3 Å². The Morgan fingerprint density at radius 2 is 1.17 bits per heavy atom. The fourth-order valence-corrected chi connectivity index (χ4v) is 3.69. The van der Waals surface area contributed by atoms with Crippen LogP contribution in [0.15, 0.2) is 29.2 Å². The second-order valence-electron chi connectivity index (χ2n) is 7.46. The normalized spacial score (nSPS) is 10.2. The molecular weight excluding hydrogens is 440 g/mol. The van der Waals surface area contributed by atoms with E-state index in [2.05, 4.69) is 6.92 Å². The second kappa shape index (κ2) is 23.4. The molecule has 0 radical (unpaired) electrons. The zero-order valence-corrected chi connectivity index (χ0v) is 21.4. The van der Waals surface area contributed by atoms with E-state index in [0.29, 0.717) is 6.42 Å². The predicted molar refractivity (Wildman–Crippen MR) is 121 cm³/mol. The molecule has 8 heteroatoms. The molecule has 0 aromatic heterocycles. The molecule has 1 aromatic rings. The van der Waals surface area contributed by atoms with Gasteiger partial charge in [0.15, 0.2) is 0 Å². The Hall–Kier alpha value is -0.276. The molecule has 0 amide bonds. The van der Waals surface area contributed by atoms with Crippen molar-refractivity contribution in [3.05, 3.63) is 29.8 Å². The summed E-state index contributed by atoms with van der Waals surface area (Å²) >= 11 is 0. The fraction of sp³-hybridized carbons (Fsp3) is 0.727. The summed E-state index contributed by atoms with van der Waals surface area (Å²) in [5.74, 6) is 0. The molecule has 1 aromatic carbocycles. The third kappa shape index (κ3) is 22.4. The van der Waals surface area contributed by atoms with Crippen LogP contribution >= 0.6 is 0 Å². The van der Waals surface area contributed by atoms with E-state index in [0.717, 1.165) is 18.4 Å². The van der Waals surface area contributed by atoms with Crippen molar-refractivity contribution in [3.8, 4) is 0 Å². The van der Waals surface area contributed by atoms with Gasteiger partial charge in [0.1, 0.15) is 0 Å². The summed E-state index contributed by atoms with van der Waals surface area (Å²) < 4.78 is 31.8. The Balaban J connectivity index is -0.000000442. The summed E-state index contributed by atoms with van der Waals surface area (Å²) in [5.41, 5.74) is 0.728. The van der Waals surface area contributed by atoms with Gasteiger partial charge in [0.2, 0.25) is 0 Å². The SMILES string of the molecule is CC(C)O.CCCCCCCCCCCCCc1ccccc1S(=O)(=O)O.O.O.[Ti]. The molecule has 1 rings (SSSR count). The van der Waals surface area contributed by atoms with E-state index < -0.39 is 10.1 Å². The quantitative estimate of drug-likeness (QED) is 0.241. The van der Waals surface area contributed by atoms with E-state index >= 15 is 0 Å². The van der Waals surface area contributed by atoms with Gasteiger partial charge in [-0.1, -0.05) is 89.3 Å². The predicted octanol–water partition coefficient (Wildman–Crippen LogP) is 4.52. The first kappa shape index (κ1) is 37.1. The topological polar surface area (TPSA) is 138 Å². The average molecular weight is 485 g/mol. The largest absolute Gasteiger partial charge is 0.412 e. The number of aliphatic hydroxyl groups is 1. The Bertz CT molecular complexity index is 576. The molecule has 0 bridgehead atoms.